The molecule has 0 spiro atoms. The van der Waals surface area contributed by atoms with Gasteiger partial charge in [0.25, 0.3) is 0 Å². The van der Waals surface area contributed by atoms with E-state index in [4.69, 9.17) is 4.74 Å². The van der Waals surface area contributed by atoms with Gasteiger partial charge in [-0.05, 0) is 59.4 Å². The third-order valence-corrected chi connectivity index (χ3v) is 5.83. The molecule has 3 aromatic rings. The fraction of sp³-hybridized carbons (Fsp3) is 0.500. The predicted molar refractivity (Wildman–Crippen MR) is 105 cm³/mol. The minimum absolute atomic E-state index is 0.0438. The van der Waals surface area contributed by atoms with Crippen LogP contribution in [0.25, 0.3) is 10.9 Å². The van der Waals surface area contributed by atoms with Crippen LogP contribution in [-0.2, 0) is 11.2 Å². The minimum Gasteiger partial charge on any atom is -0.497 e. The van der Waals surface area contributed by atoms with Gasteiger partial charge in [0.15, 0.2) is 0 Å². The highest BCUT2D eigenvalue weighted by Gasteiger charge is 2.31. The zero-order valence-electron chi connectivity index (χ0n) is 16.5. The van der Waals surface area contributed by atoms with Crippen LogP contribution < -0.4 is 10.1 Å². The molecule has 0 fully saturated rings. The molecule has 148 valence electrons. The number of H-pyrrole nitrogens is 1. The second kappa shape index (κ2) is 7.61. The van der Waals surface area contributed by atoms with Gasteiger partial charge in [0.1, 0.15) is 18.1 Å². The van der Waals surface area contributed by atoms with Crippen LogP contribution in [0.5, 0.6) is 5.75 Å². The maximum absolute atomic E-state index is 13.2. The Morgan fingerprint density at radius 3 is 3.04 bits per heavy atom. The summed E-state index contributed by atoms with van der Waals surface area (Å²) in [5.41, 5.74) is 3.45. The fourth-order valence-electron chi connectivity index (χ4n) is 4.13. The number of rotatable bonds is 6. The molecule has 4 rings (SSSR count). The standard InChI is InChI=1S/C20H26N6O2/c1-4-12(2)19(26-11-21-24-25-26)20(27)23-17-7-5-6-14-15-10-13(28-3)8-9-16(15)22-18(14)17/h8-12,17,19,22H,4-7H2,1-3H3,(H,23,27)/t12-,17+,19-/m0/s1. The van der Waals surface area contributed by atoms with E-state index < -0.39 is 6.04 Å². The van der Waals surface area contributed by atoms with Crippen LogP contribution in [0.2, 0.25) is 0 Å². The van der Waals surface area contributed by atoms with E-state index in [2.05, 4.69) is 38.8 Å². The number of carbonyl (C=O) groups is 1. The van der Waals surface area contributed by atoms with Crippen LogP contribution in [0.1, 0.15) is 56.5 Å². The average Bonchev–Trinajstić information content (AvgIpc) is 3.36. The van der Waals surface area contributed by atoms with Gasteiger partial charge in [-0.3, -0.25) is 4.79 Å². The first-order valence-corrected chi connectivity index (χ1v) is 9.83. The Morgan fingerprint density at radius 2 is 2.32 bits per heavy atom. The zero-order chi connectivity index (χ0) is 19.7. The lowest BCUT2D eigenvalue weighted by molar-refractivity contribution is -0.127. The highest BCUT2D eigenvalue weighted by Crippen LogP contribution is 2.36. The molecule has 0 radical (unpaired) electrons. The van der Waals surface area contributed by atoms with Gasteiger partial charge in [0, 0.05) is 16.6 Å². The van der Waals surface area contributed by atoms with Gasteiger partial charge >= 0.3 is 0 Å². The summed E-state index contributed by atoms with van der Waals surface area (Å²) in [5.74, 6) is 0.922. The van der Waals surface area contributed by atoms with E-state index >= 15 is 0 Å². The number of carbonyl (C=O) groups excluding carboxylic acids is 1. The van der Waals surface area contributed by atoms with Crippen molar-refractivity contribution in [1.29, 1.82) is 0 Å². The summed E-state index contributed by atoms with van der Waals surface area (Å²) in [4.78, 5) is 16.7. The van der Waals surface area contributed by atoms with Gasteiger partial charge in [-0.1, -0.05) is 20.3 Å². The van der Waals surface area contributed by atoms with E-state index in [1.807, 2.05) is 19.1 Å². The molecule has 2 N–H and O–H groups in total. The molecule has 0 aliphatic heterocycles. The third kappa shape index (κ3) is 3.23. The molecule has 0 bridgehead atoms. The number of aromatic amines is 1. The highest BCUT2D eigenvalue weighted by molar-refractivity contribution is 5.87. The molecule has 28 heavy (non-hydrogen) atoms. The van der Waals surface area contributed by atoms with Gasteiger partial charge in [0.05, 0.1) is 13.2 Å². The second-order valence-electron chi connectivity index (χ2n) is 7.50. The number of nitrogens with one attached hydrogen (secondary N) is 2. The molecular weight excluding hydrogens is 356 g/mol. The van der Waals surface area contributed by atoms with E-state index in [-0.39, 0.29) is 17.9 Å². The Labute approximate surface area is 163 Å². The monoisotopic (exact) mass is 382 g/mol. The number of methoxy groups -OCH3 is 1. The summed E-state index contributed by atoms with van der Waals surface area (Å²) in [6.07, 6.45) is 5.31. The summed E-state index contributed by atoms with van der Waals surface area (Å²) >= 11 is 0. The first-order chi connectivity index (χ1) is 13.6. The van der Waals surface area contributed by atoms with Crippen molar-refractivity contribution in [2.45, 2.75) is 51.6 Å². The third-order valence-electron chi connectivity index (χ3n) is 5.83. The van der Waals surface area contributed by atoms with Crippen molar-refractivity contribution in [3.63, 3.8) is 0 Å². The Hall–Kier alpha value is -2.90. The van der Waals surface area contributed by atoms with Crippen molar-refractivity contribution in [1.82, 2.24) is 30.5 Å². The molecule has 2 heterocycles. The number of aryl methyl sites for hydroxylation is 1. The van der Waals surface area contributed by atoms with Crippen molar-refractivity contribution < 1.29 is 9.53 Å². The van der Waals surface area contributed by atoms with Gasteiger partial charge in [-0.25, -0.2) is 4.68 Å². The average molecular weight is 382 g/mol. The quantitative estimate of drug-likeness (QED) is 0.683. The van der Waals surface area contributed by atoms with Gasteiger partial charge < -0.3 is 15.0 Å². The van der Waals surface area contributed by atoms with Crippen LogP contribution in [0, 0.1) is 5.92 Å². The van der Waals surface area contributed by atoms with E-state index in [0.29, 0.717) is 0 Å². The smallest absolute Gasteiger partial charge is 0.245 e. The largest absolute Gasteiger partial charge is 0.497 e. The maximum Gasteiger partial charge on any atom is 0.245 e. The van der Waals surface area contributed by atoms with Gasteiger partial charge in [-0.2, -0.15) is 0 Å². The van der Waals surface area contributed by atoms with Crippen LogP contribution in [-0.4, -0.2) is 38.2 Å². The number of aromatic nitrogens is 5. The number of amides is 1. The SMILES string of the molecule is CC[C@H](C)[C@@H](C(=O)N[C@@H]1CCCc2c1[nH]c1ccc(OC)cc21)n1cnnn1. The van der Waals surface area contributed by atoms with Gasteiger partial charge in [0.2, 0.25) is 5.91 Å². The summed E-state index contributed by atoms with van der Waals surface area (Å²) in [6, 6.07) is 5.59. The zero-order valence-corrected chi connectivity index (χ0v) is 16.5. The molecule has 1 aliphatic carbocycles. The lowest BCUT2D eigenvalue weighted by Crippen LogP contribution is -2.39. The first kappa shape index (κ1) is 18.5. The van der Waals surface area contributed by atoms with Crippen LogP contribution >= 0.6 is 0 Å². The van der Waals surface area contributed by atoms with Gasteiger partial charge in [-0.15, -0.1) is 5.10 Å². The molecule has 0 saturated heterocycles. The summed E-state index contributed by atoms with van der Waals surface area (Å²) in [6.45, 7) is 4.12. The van der Waals surface area contributed by atoms with Crippen molar-refractivity contribution in [2.75, 3.05) is 7.11 Å². The van der Waals surface area contributed by atoms with Crippen molar-refractivity contribution in [2.24, 2.45) is 5.92 Å². The Bertz CT molecular complexity index is 965. The maximum atomic E-state index is 13.2. The summed E-state index contributed by atoms with van der Waals surface area (Å²) in [7, 11) is 1.68. The lowest BCUT2D eigenvalue weighted by atomic mass is 9.91. The molecular formula is C20H26N6O2. The highest BCUT2D eigenvalue weighted by atomic mass is 16.5. The van der Waals surface area contributed by atoms with E-state index in [1.54, 1.807) is 11.8 Å². The molecule has 2 aromatic heterocycles. The molecule has 8 nitrogen and oxygen atoms in total. The van der Waals surface area contributed by atoms with Crippen molar-refractivity contribution in [3.8, 4) is 5.75 Å². The Morgan fingerprint density at radius 1 is 1.46 bits per heavy atom. The topological polar surface area (TPSA) is 97.7 Å². The normalized spacial score (nSPS) is 18.5. The number of ether oxygens (including phenoxy) is 1. The second-order valence-corrected chi connectivity index (χ2v) is 7.50. The van der Waals surface area contributed by atoms with E-state index in [1.165, 1.54) is 17.3 Å². The number of fused-ring (bicyclic) bond motifs is 3. The number of hydrogen-bond donors (Lipinski definition) is 2. The van der Waals surface area contributed by atoms with E-state index in [9.17, 15) is 4.79 Å². The minimum atomic E-state index is -0.421. The molecule has 0 saturated carbocycles. The summed E-state index contributed by atoms with van der Waals surface area (Å²) < 4.78 is 6.94. The molecule has 1 aromatic carbocycles. The van der Waals surface area contributed by atoms with Crippen LogP contribution in [0.15, 0.2) is 24.5 Å². The predicted octanol–water partition coefficient (Wildman–Crippen LogP) is 2.94. The Kier molecular flexibility index (Phi) is 5.02. The number of hydrogen-bond acceptors (Lipinski definition) is 5. The van der Waals surface area contributed by atoms with E-state index in [0.717, 1.165) is 42.6 Å². The van der Waals surface area contributed by atoms with Crippen molar-refractivity contribution >= 4 is 16.8 Å². The first-order valence-electron chi connectivity index (χ1n) is 9.83. The molecule has 8 heteroatoms. The number of nitrogens with zero attached hydrogens (tertiary/aromatic N) is 4. The Balaban J connectivity index is 1.63. The molecule has 1 amide bonds. The molecule has 1 aliphatic rings. The lowest BCUT2D eigenvalue weighted by Gasteiger charge is -2.28. The number of tetrazole rings is 1. The van der Waals surface area contributed by atoms with Crippen LogP contribution in [0.4, 0.5) is 0 Å². The number of benzene rings is 1. The molecule has 0 unspecified atom stereocenters. The fourth-order valence-corrected chi connectivity index (χ4v) is 4.13. The van der Waals surface area contributed by atoms with Crippen molar-refractivity contribution in [3.05, 3.63) is 35.8 Å². The summed E-state index contributed by atoms with van der Waals surface area (Å²) in [5, 5.41) is 15.8. The molecule has 3 atom stereocenters. The van der Waals surface area contributed by atoms with Crippen LogP contribution in [0.3, 0.4) is 0 Å².